The van der Waals surface area contributed by atoms with E-state index in [-0.39, 0.29) is 11.1 Å². The van der Waals surface area contributed by atoms with Gasteiger partial charge in [-0.1, -0.05) is 82.3 Å². The first-order chi connectivity index (χ1) is 15.8. The van der Waals surface area contributed by atoms with Crippen molar-refractivity contribution >= 4 is 0 Å². The minimum absolute atomic E-state index is 0.154. The highest BCUT2D eigenvalue weighted by Crippen LogP contribution is 2.40. The van der Waals surface area contributed by atoms with Crippen LogP contribution < -0.4 is 0 Å². The van der Waals surface area contributed by atoms with Crippen LogP contribution in [0, 0.1) is 11.7 Å². The van der Waals surface area contributed by atoms with Gasteiger partial charge in [-0.25, -0.2) is 4.39 Å². The first-order valence-corrected chi connectivity index (χ1v) is 12.8. The molecule has 0 bridgehead atoms. The van der Waals surface area contributed by atoms with Crippen molar-refractivity contribution < 1.29 is 17.9 Å². The largest absolute Gasteiger partial charge is 0.383 e. The summed E-state index contributed by atoms with van der Waals surface area (Å²) in [4.78, 5) is 0. The fourth-order valence-electron chi connectivity index (χ4n) is 5.11. The van der Waals surface area contributed by atoms with Crippen LogP contribution in [0.25, 0.3) is 0 Å². The van der Waals surface area contributed by atoms with Gasteiger partial charge in [-0.15, -0.1) is 0 Å². The Hall–Kier alpha value is -1.81. The number of alkyl halides is 2. The van der Waals surface area contributed by atoms with Crippen molar-refractivity contribution in [2.24, 2.45) is 5.92 Å². The fourth-order valence-corrected chi connectivity index (χ4v) is 5.11. The average Bonchev–Trinajstić information content (AvgIpc) is 2.80. The van der Waals surface area contributed by atoms with Gasteiger partial charge >= 0.3 is 6.11 Å². The molecule has 1 atom stereocenters. The summed E-state index contributed by atoms with van der Waals surface area (Å²) in [5, 5.41) is 0. The number of halogens is 3. The minimum Gasteiger partial charge on any atom is -0.309 e. The number of unbranched alkanes of at least 4 members (excludes halogenated alkanes) is 2. The number of aryl methyl sites for hydroxylation is 1. The summed E-state index contributed by atoms with van der Waals surface area (Å²) in [6.07, 6.45) is 7.06. The maximum atomic E-state index is 14.9. The smallest absolute Gasteiger partial charge is 0.309 e. The standard InChI is InChI=1S/C29H39F3O/c1-4-6-7-9-22-10-13-24(14-11-22)25-15-17-26(18-16-25)29(31,32)33-21(3)27-19-12-23(8-5-2)20-28(27)30/h12,15-22,24H,4-11,13-14H2,1-3H3. The summed E-state index contributed by atoms with van der Waals surface area (Å²) >= 11 is 0. The molecule has 2 aromatic rings. The Bertz CT molecular complexity index is 854. The Labute approximate surface area is 197 Å². The van der Waals surface area contributed by atoms with Crippen LogP contribution in [0.15, 0.2) is 42.5 Å². The predicted molar refractivity (Wildman–Crippen MR) is 129 cm³/mol. The Morgan fingerprint density at radius 3 is 2.24 bits per heavy atom. The van der Waals surface area contributed by atoms with E-state index in [1.54, 1.807) is 12.1 Å². The van der Waals surface area contributed by atoms with Gasteiger partial charge in [-0.3, -0.25) is 0 Å². The van der Waals surface area contributed by atoms with Crippen molar-refractivity contribution in [1.29, 1.82) is 0 Å². The summed E-state index contributed by atoms with van der Waals surface area (Å²) < 4.78 is 49.2. The van der Waals surface area contributed by atoms with Gasteiger partial charge in [0.05, 0.1) is 11.7 Å². The molecule has 2 aromatic carbocycles. The molecule has 0 spiro atoms. The normalized spacial score (nSPS) is 20.1. The van der Waals surface area contributed by atoms with Crippen LogP contribution in [-0.2, 0) is 17.3 Å². The number of benzene rings is 2. The van der Waals surface area contributed by atoms with Gasteiger partial charge in [-0.2, -0.15) is 8.78 Å². The number of rotatable bonds is 11. The van der Waals surface area contributed by atoms with E-state index in [1.165, 1.54) is 63.6 Å². The molecule has 0 amide bonds. The second-order valence-corrected chi connectivity index (χ2v) is 9.72. The van der Waals surface area contributed by atoms with E-state index in [2.05, 4.69) is 6.92 Å². The quantitative estimate of drug-likeness (QED) is 0.303. The van der Waals surface area contributed by atoms with Crippen molar-refractivity contribution in [1.82, 2.24) is 0 Å². The molecule has 182 valence electrons. The third kappa shape index (κ3) is 7.09. The molecule has 0 heterocycles. The van der Waals surface area contributed by atoms with Crippen LogP contribution in [0.3, 0.4) is 0 Å². The molecular formula is C29H39F3O. The lowest BCUT2D eigenvalue weighted by Crippen LogP contribution is -2.21. The fraction of sp³-hybridized carbons (Fsp3) is 0.586. The molecule has 3 rings (SSSR count). The lowest BCUT2D eigenvalue weighted by Gasteiger charge is -2.29. The van der Waals surface area contributed by atoms with E-state index in [0.717, 1.165) is 42.7 Å². The monoisotopic (exact) mass is 460 g/mol. The van der Waals surface area contributed by atoms with Crippen LogP contribution in [0.2, 0.25) is 0 Å². The first kappa shape index (κ1) is 25.8. The van der Waals surface area contributed by atoms with E-state index >= 15 is 0 Å². The molecule has 1 unspecified atom stereocenters. The van der Waals surface area contributed by atoms with E-state index < -0.39 is 18.0 Å². The SMILES string of the molecule is CCCCCC1CCC(c2ccc(C(F)(F)OC(C)c3ccc(CCC)cc3F)cc2)CC1. The van der Waals surface area contributed by atoms with E-state index in [0.29, 0.717) is 5.92 Å². The zero-order valence-corrected chi connectivity index (χ0v) is 20.4. The Kier molecular flexibility index (Phi) is 9.43. The summed E-state index contributed by atoms with van der Waals surface area (Å²) in [5.41, 5.74) is 1.96. The van der Waals surface area contributed by atoms with Crippen molar-refractivity contribution in [3.05, 3.63) is 70.5 Å². The maximum absolute atomic E-state index is 14.9. The summed E-state index contributed by atoms with van der Waals surface area (Å²) in [6, 6.07) is 11.3. The third-order valence-electron chi connectivity index (χ3n) is 7.15. The van der Waals surface area contributed by atoms with E-state index in [9.17, 15) is 13.2 Å². The topological polar surface area (TPSA) is 9.23 Å². The molecule has 1 aliphatic rings. The Balaban J connectivity index is 1.58. The number of hydrogen-bond acceptors (Lipinski definition) is 1. The van der Waals surface area contributed by atoms with Gasteiger partial charge in [0.15, 0.2) is 0 Å². The molecule has 1 nitrogen and oxygen atoms in total. The third-order valence-corrected chi connectivity index (χ3v) is 7.15. The predicted octanol–water partition coefficient (Wildman–Crippen LogP) is 9.46. The Morgan fingerprint density at radius 2 is 1.64 bits per heavy atom. The molecular weight excluding hydrogens is 421 g/mol. The summed E-state index contributed by atoms with van der Waals surface area (Å²) in [5.74, 6) is 0.776. The van der Waals surface area contributed by atoms with Crippen LogP contribution in [0.5, 0.6) is 0 Å². The zero-order valence-electron chi connectivity index (χ0n) is 20.4. The van der Waals surface area contributed by atoms with E-state index in [4.69, 9.17) is 4.74 Å². The average molecular weight is 461 g/mol. The number of hydrogen-bond donors (Lipinski definition) is 0. The molecule has 0 saturated heterocycles. The van der Waals surface area contributed by atoms with Crippen LogP contribution >= 0.6 is 0 Å². The highest BCUT2D eigenvalue weighted by Gasteiger charge is 2.36. The lowest BCUT2D eigenvalue weighted by atomic mass is 9.77. The van der Waals surface area contributed by atoms with Crippen LogP contribution in [-0.4, -0.2) is 0 Å². The molecule has 1 aliphatic carbocycles. The van der Waals surface area contributed by atoms with Crippen molar-refractivity contribution in [2.75, 3.05) is 0 Å². The first-order valence-electron chi connectivity index (χ1n) is 12.8. The van der Waals surface area contributed by atoms with Crippen LogP contribution in [0.1, 0.15) is 113 Å². The highest BCUT2D eigenvalue weighted by atomic mass is 19.3. The van der Waals surface area contributed by atoms with Gasteiger partial charge in [0.2, 0.25) is 0 Å². The zero-order chi connectivity index (χ0) is 23.8. The highest BCUT2D eigenvalue weighted by molar-refractivity contribution is 5.29. The second-order valence-electron chi connectivity index (χ2n) is 9.72. The van der Waals surface area contributed by atoms with Gasteiger partial charge in [0, 0.05) is 5.56 Å². The van der Waals surface area contributed by atoms with Gasteiger partial charge in [0.1, 0.15) is 5.82 Å². The Morgan fingerprint density at radius 1 is 0.939 bits per heavy atom. The summed E-state index contributed by atoms with van der Waals surface area (Å²) in [7, 11) is 0. The maximum Gasteiger partial charge on any atom is 0.383 e. The molecule has 0 aliphatic heterocycles. The van der Waals surface area contributed by atoms with Gasteiger partial charge in [-0.05, 0) is 68.1 Å². The van der Waals surface area contributed by atoms with Crippen molar-refractivity contribution in [3.63, 3.8) is 0 Å². The summed E-state index contributed by atoms with van der Waals surface area (Å²) in [6.45, 7) is 5.72. The van der Waals surface area contributed by atoms with Gasteiger partial charge in [0.25, 0.3) is 0 Å². The molecule has 0 aromatic heterocycles. The molecule has 4 heteroatoms. The van der Waals surface area contributed by atoms with Crippen molar-refractivity contribution in [3.8, 4) is 0 Å². The van der Waals surface area contributed by atoms with Gasteiger partial charge < -0.3 is 4.74 Å². The van der Waals surface area contributed by atoms with Crippen LogP contribution in [0.4, 0.5) is 13.2 Å². The molecule has 1 fully saturated rings. The molecule has 0 N–H and O–H groups in total. The molecule has 33 heavy (non-hydrogen) atoms. The number of ether oxygens (including phenoxy) is 1. The van der Waals surface area contributed by atoms with E-state index in [1.807, 2.05) is 19.1 Å². The second kappa shape index (κ2) is 12.1. The molecule has 1 saturated carbocycles. The lowest BCUT2D eigenvalue weighted by molar-refractivity contribution is -0.272. The molecule has 0 radical (unpaired) electrons. The van der Waals surface area contributed by atoms with Crippen molar-refractivity contribution in [2.45, 2.75) is 103 Å². The minimum atomic E-state index is -3.48.